The average molecular weight is 468 g/mol. The highest BCUT2D eigenvalue weighted by molar-refractivity contribution is 5.90. The number of hydrogen-bond donors (Lipinski definition) is 2. The molecule has 10 heteroatoms. The van der Waals surface area contributed by atoms with Crippen LogP contribution in [0.3, 0.4) is 0 Å². The number of esters is 3. The van der Waals surface area contributed by atoms with Crippen LogP contribution in [0.4, 0.5) is 0 Å². The largest absolute Gasteiger partial charge is 0.478 e. The van der Waals surface area contributed by atoms with Gasteiger partial charge in [0.1, 0.15) is 0 Å². The predicted octanol–water partition coefficient (Wildman–Crippen LogP) is 3.01. The summed E-state index contributed by atoms with van der Waals surface area (Å²) in [5, 5.41) is 17.0. The minimum atomic E-state index is -1.00. The number of carboxylic acids is 2. The van der Waals surface area contributed by atoms with Crippen LogP contribution in [0.15, 0.2) is 59.8 Å². The monoisotopic (exact) mass is 468 g/mol. The van der Waals surface area contributed by atoms with Crippen LogP contribution < -0.4 is 0 Å². The molecule has 0 amide bonds. The number of methoxy groups -OCH3 is 3. The van der Waals surface area contributed by atoms with E-state index >= 15 is 0 Å². The molecule has 2 N–H and O–H groups in total. The Morgan fingerprint density at radius 3 is 1.06 bits per heavy atom. The molecule has 0 heterocycles. The second-order valence-electron chi connectivity index (χ2n) is 6.26. The average Bonchev–Trinajstić information content (AvgIpc) is 2.78. The minimum Gasteiger partial charge on any atom is -0.478 e. The molecule has 0 aliphatic carbocycles. The number of hydrogen-bond acceptors (Lipinski definition) is 8. The first kappa shape index (κ1) is 33.7. The molecule has 0 aromatic rings. The van der Waals surface area contributed by atoms with E-state index in [1.54, 1.807) is 6.92 Å². The third-order valence-corrected chi connectivity index (χ3v) is 3.47. The molecule has 0 unspecified atom stereocenters. The van der Waals surface area contributed by atoms with Gasteiger partial charge in [0.15, 0.2) is 0 Å². The molecule has 33 heavy (non-hydrogen) atoms. The van der Waals surface area contributed by atoms with Gasteiger partial charge in [0.2, 0.25) is 0 Å². The zero-order valence-corrected chi connectivity index (χ0v) is 19.9. The van der Waals surface area contributed by atoms with Gasteiger partial charge in [-0.15, -0.1) is 0 Å². The maximum atomic E-state index is 10.8. The summed E-state index contributed by atoms with van der Waals surface area (Å²) in [5.74, 6) is -3.39. The Labute approximate surface area is 193 Å². The van der Waals surface area contributed by atoms with Crippen molar-refractivity contribution in [3.8, 4) is 0 Å². The molecule has 0 aromatic carbocycles. The molecule has 0 rings (SSSR count). The number of rotatable bonds is 9. The Morgan fingerprint density at radius 1 is 0.636 bits per heavy atom. The van der Waals surface area contributed by atoms with E-state index in [4.69, 9.17) is 10.2 Å². The number of allylic oxidation sites excluding steroid dienone is 2. The fourth-order valence-electron chi connectivity index (χ4n) is 1.36. The van der Waals surface area contributed by atoms with Gasteiger partial charge in [-0.25, -0.2) is 24.0 Å². The molecule has 0 aliphatic heterocycles. The highest BCUT2D eigenvalue weighted by Gasteiger charge is 2.06. The van der Waals surface area contributed by atoms with E-state index < -0.39 is 23.9 Å². The zero-order chi connectivity index (χ0) is 26.7. The van der Waals surface area contributed by atoms with Gasteiger partial charge in [-0.05, 0) is 33.6 Å². The molecule has 0 fully saturated rings. The smallest absolute Gasteiger partial charge is 0.333 e. The molecule has 0 saturated carbocycles. The van der Waals surface area contributed by atoms with Crippen molar-refractivity contribution in [3.63, 3.8) is 0 Å². The Kier molecular flexibility index (Phi) is 19.2. The molecule has 0 aliphatic rings. The van der Waals surface area contributed by atoms with Crippen molar-refractivity contribution in [1.82, 2.24) is 0 Å². The van der Waals surface area contributed by atoms with E-state index in [-0.39, 0.29) is 41.1 Å². The Morgan fingerprint density at radius 2 is 0.909 bits per heavy atom. The first-order valence-electron chi connectivity index (χ1n) is 9.22. The van der Waals surface area contributed by atoms with Crippen LogP contribution in [-0.2, 0) is 38.2 Å². The Hall–Kier alpha value is -3.95. The van der Waals surface area contributed by atoms with Gasteiger partial charge in [-0.1, -0.05) is 31.9 Å². The molecule has 0 saturated heterocycles. The van der Waals surface area contributed by atoms with Gasteiger partial charge >= 0.3 is 29.8 Å². The summed E-state index contributed by atoms with van der Waals surface area (Å²) >= 11 is 0. The molecular formula is C23H32O10. The number of aliphatic carboxylic acids is 2. The van der Waals surface area contributed by atoms with E-state index in [0.29, 0.717) is 5.57 Å². The van der Waals surface area contributed by atoms with Crippen LogP contribution in [0.25, 0.3) is 0 Å². The van der Waals surface area contributed by atoms with Crippen molar-refractivity contribution in [2.45, 2.75) is 33.6 Å². The topological polar surface area (TPSA) is 154 Å². The molecular weight excluding hydrogens is 436 g/mol. The van der Waals surface area contributed by atoms with Gasteiger partial charge in [-0.3, -0.25) is 0 Å². The third-order valence-electron chi connectivity index (χ3n) is 3.47. The summed E-state index contributed by atoms with van der Waals surface area (Å²) in [6.45, 7) is 14.7. The number of carboxylic acid groups (broad SMARTS) is 2. The lowest BCUT2D eigenvalue weighted by Crippen LogP contribution is -2.03. The van der Waals surface area contributed by atoms with Crippen molar-refractivity contribution in [2.75, 3.05) is 21.3 Å². The fraction of sp³-hybridized carbons (Fsp3) is 0.348. The van der Waals surface area contributed by atoms with Gasteiger partial charge in [0.05, 0.1) is 21.3 Å². The van der Waals surface area contributed by atoms with Crippen LogP contribution in [-0.4, -0.2) is 61.4 Å². The number of ether oxygens (including phenoxy) is 3. The second-order valence-corrected chi connectivity index (χ2v) is 6.26. The van der Waals surface area contributed by atoms with Crippen molar-refractivity contribution in [3.05, 3.63) is 59.8 Å². The van der Waals surface area contributed by atoms with Crippen LogP contribution >= 0.6 is 0 Å². The second kappa shape index (κ2) is 18.8. The first-order valence-corrected chi connectivity index (χ1v) is 9.22. The van der Waals surface area contributed by atoms with Crippen LogP contribution in [0.5, 0.6) is 0 Å². The van der Waals surface area contributed by atoms with Gasteiger partial charge < -0.3 is 24.4 Å². The van der Waals surface area contributed by atoms with E-state index in [0.717, 1.165) is 0 Å². The van der Waals surface area contributed by atoms with Gasteiger partial charge in [0, 0.05) is 27.9 Å². The van der Waals surface area contributed by atoms with Crippen molar-refractivity contribution in [2.24, 2.45) is 0 Å². The normalized spacial score (nSPS) is 10.1. The van der Waals surface area contributed by atoms with E-state index in [9.17, 15) is 24.0 Å². The summed E-state index contributed by atoms with van der Waals surface area (Å²) in [7, 11) is 3.83. The number of carbonyl (C=O) groups is 5. The van der Waals surface area contributed by atoms with Crippen LogP contribution in [0.2, 0.25) is 0 Å². The van der Waals surface area contributed by atoms with E-state index in [1.807, 2.05) is 0 Å². The first-order chi connectivity index (χ1) is 15.2. The molecule has 184 valence electrons. The van der Waals surface area contributed by atoms with E-state index in [1.165, 1.54) is 47.3 Å². The molecule has 0 spiro atoms. The van der Waals surface area contributed by atoms with Crippen molar-refractivity contribution in [1.29, 1.82) is 0 Å². The molecule has 0 atom stereocenters. The third kappa shape index (κ3) is 18.5. The summed E-state index contributed by atoms with van der Waals surface area (Å²) in [5.41, 5.74) is 1.28. The number of carbonyl (C=O) groups excluding carboxylic acids is 3. The highest BCUT2D eigenvalue weighted by atomic mass is 16.5. The summed E-state index contributed by atoms with van der Waals surface area (Å²) < 4.78 is 13.1. The zero-order valence-electron chi connectivity index (χ0n) is 19.9. The lowest BCUT2D eigenvalue weighted by molar-refractivity contribution is -0.137. The van der Waals surface area contributed by atoms with Gasteiger partial charge in [-0.2, -0.15) is 0 Å². The van der Waals surface area contributed by atoms with Crippen LogP contribution in [0.1, 0.15) is 33.6 Å². The summed E-state index contributed by atoms with van der Waals surface area (Å²) in [6.07, 6.45) is 3.23. The Bertz CT molecular complexity index is 772. The van der Waals surface area contributed by atoms with Crippen molar-refractivity contribution >= 4 is 29.8 Å². The molecule has 0 radical (unpaired) electrons. The lowest BCUT2D eigenvalue weighted by Gasteiger charge is -1.99. The highest BCUT2D eigenvalue weighted by Crippen LogP contribution is 2.05. The molecule has 10 nitrogen and oxygen atoms in total. The van der Waals surface area contributed by atoms with Crippen LogP contribution in [0, 0.1) is 0 Å². The Balaban J connectivity index is -0.000000429. The lowest BCUT2D eigenvalue weighted by atomic mass is 10.1. The molecule has 0 bridgehead atoms. The standard InChI is InChI=1S/2C9H12O4.C5H8O2/c2*1-6(8(10)11)4-5-7(2)9(12)13-3;1-4(2)5(6)7-3/h2*4H,2,5H2,1,3H3,(H,10,11);1H2,2-3H3. The minimum absolute atomic E-state index is 0.185. The fourth-order valence-corrected chi connectivity index (χ4v) is 1.36. The quantitative estimate of drug-likeness (QED) is 0.293. The molecule has 0 aromatic heterocycles. The maximum absolute atomic E-state index is 10.8. The summed E-state index contributed by atoms with van der Waals surface area (Å²) in [6, 6.07) is 0. The van der Waals surface area contributed by atoms with Gasteiger partial charge in [0.25, 0.3) is 0 Å². The SMILES string of the molecule is C=C(C)C(=O)OC.C=C(CC=C(C)C(=O)O)C(=O)OC.C=C(CC=C(C)C(=O)O)C(=O)OC. The maximum Gasteiger partial charge on any atom is 0.333 e. The predicted molar refractivity (Wildman–Crippen MR) is 121 cm³/mol. The van der Waals surface area contributed by atoms with E-state index in [2.05, 4.69) is 33.9 Å². The summed E-state index contributed by atoms with van der Waals surface area (Å²) in [4.78, 5) is 52.5. The van der Waals surface area contributed by atoms with Crippen molar-refractivity contribution < 1.29 is 48.4 Å².